The molecule has 0 unspecified atom stereocenters. The lowest BCUT2D eigenvalue weighted by Gasteiger charge is -2.31. The summed E-state index contributed by atoms with van der Waals surface area (Å²) >= 11 is 0. The van der Waals surface area contributed by atoms with Gasteiger partial charge in [0.05, 0.1) is 18.1 Å². The molecule has 3 N–H and O–H groups in total. The van der Waals surface area contributed by atoms with Gasteiger partial charge in [-0.15, -0.1) is 0 Å². The minimum absolute atomic E-state index is 0.0650. The molecule has 0 radical (unpaired) electrons. The number of pyridine rings is 1. The number of hydrogen-bond donors (Lipinski definition) is 3. The van der Waals surface area contributed by atoms with Crippen LogP contribution in [0, 0.1) is 0 Å². The Bertz CT molecular complexity index is 1580. The van der Waals surface area contributed by atoms with Crippen LogP contribution < -0.4 is 16.2 Å². The van der Waals surface area contributed by atoms with Crippen molar-refractivity contribution in [2.24, 2.45) is 0 Å². The van der Waals surface area contributed by atoms with Gasteiger partial charge in [-0.3, -0.25) is 14.4 Å². The van der Waals surface area contributed by atoms with Gasteiger partial charge in [-0.25, -0.2) is 10.5 Å². The molecule has 3 heterocycles. The molecule has 1 saturated heterocycles. The second kappa shape index (κ2) is 13.2. The number of carbonyl (C=O) groups is 1. The zero-order valence-corrected chi connectivity index (χ0v) is 24.3. The Morgan fingerprint density at radius 2 is 1.81 bits per heavy atom. The molecule has 0 atom stereocenters. The van der Waals surface area contributed by atoms with Crippen molar-refractivity contribution in [3.05, 3.63) is 87.8 Å². The number of nitrogens with one attached hydrogen (secondary N) is 2. The third-order valence-corrected chi connectivity index (χ3v) is 7.64. The fraction of sp³-hybridized carbons (Fsp3) is 0.375. The minimum Gasteiger partial charge on any atom is -0.395 e. The van der Waals surface area contributed by atoms with E-state index in [1.165, 1.54) is 23.5 Å². The number of amides is 1. The smallest absolute Gasteiger partial charge is 0.280 e. The van der Waals surface area contributed by atoms with Gasteiger partial charge in [0.2, 0.25) is 11.4 Å². The number of aliphatic hydroxyl groups is 1. The van der Waals surface area contributed by atoms with Crippen LogP contribution in [0.15, 0.2) is 65.7 Å². The van der Waals surface area contributed by atoms with E-state index in [1.807, 2.05) is 36.4 Å². The van der Waals surface area contributed by atoms with Crippen LogP contribution in [0.1, 0.15) is 61.0 Å². The van der Waals surface area contributed by atoms with Crippen molar-refractivity contribution in [3.8, 4) is 5.69 Å². The summed E-state index contributed by atoms with van der Waals surface area (Å²) in [5.41, 5.74) is 6.26. The number of anilines is 2. The monoisotopic (exact) mass is 570 g/mol. The number of likely N-dealkylation sites (tertiary alicyclic amines) is 1. The normalized spacial score (nSPS) is 14.4. The maximum Gasteiger partial charge on any atom is 0.280 e. The largest absolute Gasteiger partial charge is 0.395 e. The number of β-amino-alcohol motifs (C(OH)–C–C–N with tert-alkyl or cyclic N) is 1. The first-order chi connectivity index (χ1) is 20.4. The molecule has 220 valence electrons. The minimum atomic E-state index is -0.629. The molecule has 0 saturated carbocycles. The zero-order valence-electron chi connectivity index (χ0n) is 24.3. The fourth-order valence-electron chi connectivity index (χ4n) is 5.25. The quantitative estimate of drug-likeness (QED) is 0.241. The molecule has 1 amide bonds. The van der Waals surface area contributed by atoms with Gasteiger partial charge < -0.3 is 19.9 Å². The second-order valence-corrected chi connectivity index (χ2v) is 10.9. The van der Waals surface area contributed by atoms with Crippen molar-refractivity contribution in [2.75, 3.05) is 31.6 Å². The predicted octanol–water partition coefficient (Wildman–Crippen LogP) is 4.33. The van der Waals surface area contributed by atoms with Crippen LogP contribution in [0.2, 0.25) is 0 Å². The number of rotatable bonds is 10. The van der Waals surface area contributed by atoms with Crippen LogP contribution >= 0.6 is 0 Å². The summed E-state index contributed by atoms with van der Waals surface area (Å²) in [5.74, 6) is 0.207. The molecule has 4 aromatic rings. The molecule has 0 bridgehead atoms. The number of aryl methyl sites for hydroxylation is 1. The molecule has 1 fully saturated rings. The highest BCUT2D eigenvalue weighted by molar-refractivity contribution is 5.96. The highest BCUT2D eigenvalue weighted by atomic mass is 16.7. The number of hydroxylamine groups is 1. The molecule has 1 aliphatic heterocycles. The van der Waals surface area contributed by atoms with E-state index < -0.39 is 11.3 Å². The summed E-state index contributed by atoms with van der Waals surface area (Å²) < 4.78 is 1.74. The first-order valence-electron chi connectivity index (χ1n) is 14.5. The van der Waals surface area contributed by atoms with Crippen molar-refractivity contribution < 1.29 is 14.7 Å². The lowest BCUT2D eigenvalue weighted by Crippen LogP contribution is -2.34. The summed E-state index contributed by atoms with van der Waals surface area (Å²) in [5, 5.41) is 12.7. The van der Waals surface area contributed by atoms with Crippen molar-refractivity contribution in [1.82, 2.24) is 24.9 Å². The lowest BCUT2D eigenvalue weighted by atomic mass is 9.89. The predicted molar refractivity (Wildman–Crippen MR) is 163 cm³/mol. The molecule has 2 aromatic heterocycles. The lowest BCUT2D eigenvalue weighted by molar-refractivity contribution is 0.0000943. The Morgan fingerprint density at radius 1 is 1.10 bits per heavy atom. The van der Waals surface area contributed by atoms with Crippen LogP contribution in [0.3, 0.4) is 0 Å². The molecule has 2 aromatic carbocycles. The van der Waals surface area contributed by atoms with E-state index in [-0.39, 0.29) is 23.7 Å². The molecule has 0 spiro atoms. The van der Waals surface area contributed by atoms with Crippen LogP contribution in [0.25, 0.3) is 16.7 Å². The summed E-state index contributed by atoms with van der Waals surface area (Å²) in [6.45, 7) is 8.58. The molecule has 10 heteroatoms. The Labute approximate surface area is 245 Å². The summed E-state index contributed by atoms with van der Waals surface area (Å²) in [4.78, 5) is 42.9. The molecule has 10 nitrogen and oxygen atoms in total. The van der Waals surface area contributed by atoms with Crippen molar-refractivity contribution in [3.63, 3.8) is 0 Å². The maximum atomic E-state index is 13.4. The Balaban J connectivity index is 1.44. The van der Waals surface area contributed by atoms with Gasteiger partial charge in [-0.1, -0.05) is 31.2 Å². The van der Waals surface area contributed by atoms with Crippen molar-refractivity contribution >= 4 is 28.6 Å². The van der Waals surface area contributed by atoms with Crippen LogP contribution in [-0.2, 0) is 11.3 Å². The highest BCUT2D eigenvalue weighted by Crippen LogP contribution is 2.29. The number of piperidine rings is 1. The molecule has 0 aliphatic carbocycles. The number of aliphatic hydroxyl groups excluding tert-OH is 1. The van der Waals surface area contributed by atoms with E-state index in [0.29, 0.717) is 17.5 Å². The van der Waals surface area contributed by atoms with E-state index in [0.717, 1.165) is 50.3 Å². The van der Waals surface area contributed by atoms with E-state index >= 15 is 0 Å². The zero-order chi connectivity index (χ0) is 29.6. The number of aromatic nitrogens is 3. The third-order valence-electron chi connectivity index (χ3n) is 7.64. The van der Waals surface area contributed by atoms with Gasteiger partial charge in [0.25, 0.3) is 5.91 Å². The Kier molecular flexibility index (Phi) is 9.26. The van der Waals surface area contributed by atoms with E-state index in [1.54, 1.807) is 18.4 Å². The molecule has 1 aliphatic rings. The van der Waals surface area contributed by atoms with Crippen LogP contribution in [-0.4, -0.2) is 62.8 Å². The molecular formula is C32H38N6O4. The van der Waals surface area contributed by atoms with E-state index in [2.05, 4.69) is 39.7 Å². The first kappa shape index (κ1) is 29.4. The van der Waals surface area contributed by atoms with Gasteiger partial charge in [-0.05, 0) is 87.5 Å². The van der Waals surface area contributed by atoms with Gasteiger partial charge in [0.15, 0.2) is 5.65 Å². The number of fused-ring (bicyclic) bond motifs is 1. The maximum absolute atomic E-state index is 13.4. The average Bonchev–Trinajstić information content (AvgIpc) is 3.01. The number of carbonyl (C=O) groups excluding carboxylic acids is 1. The van der Waals surface area contributed by atoms with Crippen LogP contribution in [0.4, 0.5) is 11.6 Å². The van der Waals surface area contributed by atoms with Gasteiger partial charge >= 0.3 is 0 Å². The topological polar surface area (TPSA) is 122 Å². The first-order valence-corrected chi connectivity index (χ1v) is 14.5. The Hall–Kier alpha value is -4.12. The molecule has 5 rings (SSSR count). The Morgan fingerprint density at radius 3 is 2.45 bits per heavy atom. The molecule has 42 heavy (non-hydrogen) atoms. The third kappa shape index (κ3) is 6.67. The SMILES string of the molecule is CCc1ccc(-n2cc(C(=O)NOC(C)C)c(=O)c3cnc(Nc4ccc(C5CCN(CCO)CC5)cc4)nc32)cc1. The van der Waals surface area contributed by atoms with Crippen molar-refractivity contribution in [2.45, 2.75) is 52.1 Å². The summed E-state index contributed by atoms with van der Waals surface area (Å²) in [7, 11) is 0. The second-order valence-electron chi connectivity index (χ2n) is 10.9. The van der Waals surface area contributed by atoms with Crippen LogP contribution in [0.5, 0.6) is 0 Å². The average molecular weight is 571 g/mol. The van der Waals surface area contributed by atoms with Crippen molar-refractivity contribution in [1.29, 1.82) is 0 Å². The van der Waals surface area contributed by atoms with Gasteiger partial charge in [0, 0.05) is 30.3 Å². The summed E-state index contributed by atoms with van der Waals surface area (Å²) in [6.07, 6.45) is 5.75. The van der Waals surface area contributed by atoms with Gasteiger partial charge in [0.1, 0.15) is 5.56 Å². The highest BCUT2D eigenvalue weighted by Gasteiger charge is 2.21. The number of nitrogens with zero attached hydrogens (tertiary/aromatic N) is 4. The fourth-order valence-corrected chi connectivity index (χ4v) is 5.25. The molecular weight excluding hydrogens is 532 g/mol. The number of hydrogen-bond acceptors (Lipinski definition) is 8. The summed E-state index contributed by atoms with van der Waals surface area (Å²) in [6, 6.07) is 16.2. The van der Waals surface area contributed by atoms with E-state index in [9.17, 15) is 14.7 Å². The standard InChI is InChI=1S/C32H38N6O4/c1-4-22-5-11-26(12-6-22)38-20-28(31(41)36-42-21(2)3)29(40)27-19-33-32(35-30(27)38)34-25-9-7-23(8-10-25)24-13-15-37(16-14-24)17-18-39/h5-12,19-21,24,39H,4,13-18H2,1-3H3,(H,36,41)(H,33,34,35). The van der Waals surface area contributed by atoms with Gasteiger partial charge in [-0.2, -0.15) is 4.98 Å². The number of benzene rings is 2. The van der Waals surface area contributed by atoms with E-state index in [4.69, 9.17) is 9.82 Å².